The van der Waals surface area contributed by atoms with Crippen LogP contribution in [0.1, 0.15) is 18.7 Å². The van der Waals surface area contributed by atoms with E-state index in [2.05, 4.69) is 33.0 Å². The van der Waals surface area contributed by atoms with E-state index in [0.717, 1.165) is 53.1 Å². The molecule has 2 aromatic heterocycles. The highest BCUT2D eigenvalue weighted by molar-refractivity contribution is 7.17. The number of likely N-dealkylation sites (N-methyl/N-ethyl adjacent to an activating group) is 1. The zero-order chi connectivity index (χ0) is 20.9. The molecule has 30 heavy (non-hydrogen) atoms. The van der Waals surface area contributed by atoms with Crippen molar-refractivity contribution in [2.24, 2.45) is 0 Å². The van der Waals surface area contributed by atoms with Crippen molar-refractivity contribution in [3.63, 3.8) is 0 Å². The Morgan fingerprint density at radius 1 is 1.23 bits per heavy atom. The molecule has 0 atom stereocenters. The lowest BCUT2D eigenvalue weighted by Crippen LogP contribution is -2.43. The smallest absolute Gasteiger partial charge is 0.233 e. The minimum Gasteiger partial charge on any atom is -0.377 e. The number of hydrogen-bond donors (Lipinski definition) is 2. The molecule has 158 valence electrons. The van der Waals surface area contributed by atoms with Crippen LogP contribution in [0.4, 0.5) is 5.82 Å². The van der Waals surface area contributed by atoms with Crippen molar-refractivity contribution < 1.29 is 9.53 Å². The summed E-state index contributed by atoms with van der Waals surface area (Å²) in [6.07, 6.45) is 1.93. The zero-order valence-electron chi connectivity index (χ0n) is 17.4. The van der Waals surface area contributed by atoms with E-state index in [1.807, 2.05) is 18.2 Å². The predicted octanol–water partition coefficient (Wildman–Crippen LogP) is 3.13. The number of amides is 1. The van der Waals surface area contributed by atoms with Gasteiger partial charge in [0.2, 0.25) is 5.91 Å². The molecule has 0 spiro atoms. The molecule has 2 N–H and O–H groups in total. The Morgan fingerprint density at radius 2 is 2.00 bits per heavy atom. The number of likely N-dealkylation sites (tertiary alicyclic amines) is 1. The molecular weight excluding hydrogens is 398 g/mol. The first-order valence-electron chi connectivity index (χ1n) is 10.2. The molecule has 0 radical (unpaired) electrons. The van der Waals surface area contributed by atoms with Crippen LogP contribution < -0.4 is 10.6 Å². The molecule has 1 aliphatic heterocycles. The number of benzene rings is 1. The molecule has 0 bridgehead atoms. The molecule has 0 saturated carbocycles. The van der Waals surface area contributed by atoms with Gasteiger partial charge in [0.1, 0.15) is 17.3 Å². The summed E-state index contributed by atoms with van der Waals surface area (Å²) in [4.78, 5) is 24.3. The second-order valence-corrected chi connectivity index (χ2v) is 8.34. The number of anilines is 1. The molecule has 4 rings (SSSR count). The fraction of sp³-hybridized carbons (Fsp3) is 0.409. The van der Waals surface area contributed by atoms with Gasteiger partial charge in [0, 0.05) is 44.2 Å². The molecule has 1 fully saturated rings. The largest absolute Gasteiger partial charge is 0.377 e. The van der Waals surface area contributed by atoms with Gasteiger partial charge in [0.05, 0.1) is 11.9 Å². The van der Waals surface area contributed by atoms with Crippen LogP contribution >= 0.6 is 11.3 Å². The van der Waals surface area contributed by atoms with E-state index in [0.29, 0.717) is 25.0 Å². The zero-order valence-corrected chi connectivity index (χ0v) is 18.2. The van der Waals surface area contributed by atoms with Gasteiger partial charge in [-0.3, -0.25) is 9.69 Å². The maximum Gasteiger partial charge on any atom is 0.233 e. The van der Waals surface area contributed by atoms with Gasteiger partial charge < -0.3 is 15.4 Å². The van der Waals surface area contributed by atoms with Crippen LogP contribution in [0.3, 0.4) is 0 Å². The van der Waals surface area contributed by atoms with E-state index in [-0.39, 0.29) is 5.91 Å². The SMILES string of the molecule is CNC(=O)CN1CCC(Nc2nc(COC)nc3scc(-c4ccccc4)c23)CC1. The van der Waals surface area contributed by atoms with Gasteiger partial charge in [-0.25, -0.2) is 9.97 Å². The number of rotatable bonds is 7. The summed E-state index contributed by atoms with van der Waals surface area (Å²) >= 11 is 1.64. The summed E-state index contributed by atoms with van der Waals surface area (Å²) in [6, 6.07) is 10.7. The molecule has 1 aliphatic rings. The number of carbonyl (C=O) groups excluding carboxylic acids is 1. The van der Waals surface area contributed by atoms with Gasteiger partial charge in [0.25, 0.3) is 0 Å². The maximum atomic E-state index is 11.6. The fourth-order valence-corrected chi connectivity index (χ4v) is 4.79. The predicted molar refractivity (Wildman–Crippen MR) is 121 cm³/mol. The molecule has 8 heteroatoms. The molecule has 7 nitrogen and oxygen atoms in total. The average molecular weight is 426 g/mol. The molecule has 0 unspecified atom stereocenters. The Morgan fingerprint density at radius 3 is 2.70 bits per heavy atom. The van der Waals surface area contributed by atoms with Crippen molar-refractivity contribution >= 4 is 33.3 Å². The van der Waals surface area contributed by atoms with Gasteiger partial charge >= 0.3 is 0 Å². The number of fused-ring (bicyclic) bond motifs is 1. The van der Waals surface area contributed by atoms with Crippen LogP contribution in [0.25, 0.3) is 21.3 Å². The van der Waals surface area contributed by atoms with Crippen molar-refractivity contribution in [2.45, 2.75) is 25.5 Å². The van der Waals surface area contributed by atoms with Crippen LogP contribution in [-0.2, 0) is 16.1 Å². The number of nitrogens with one attached hydrogen (secondary N) is 2. The summed E-state index contributed by atoms with van der Waals surface area (Å²) < 4.78 is 5.28. The van der Waals surface area contributed by atoms with Crippen LogP contribution in [0, 0.1) is 0 Å². The molecule has 1 saturated heterocycles. The Balaban J connectivity index is 1.59. The van der Waals surface area contributed by atoms with Crippen molar-refractivity contribution in [1.82, 2.24) is 20.2 Å². The van der Waals surface area contributed by atoms with E-state index < -0.39 is 0 Å². The van der Waals surface area contributed by atoms with E-state index in [1.165, 1.54) is 0 Å². The second-order valence-electron chi connectivity index (χ2n) is 7.48. The maximum absolute atomic E-state index is 11.6. The summed E-state index contributed by atoms with van der Waals surface area (Å²) in [5.41, 5.74) is 2.31. The Bertz CT molecular complexity index is 999. The third-order valence-corrected chi connectivity index (χ3v) is 6.28. The normalized spacial score (nSPS) is 15.4. The Hall–Kier alpha value is -2.55. The molecule has 3 aromatic rings. The highest BCUT2D eigenvalue weighted by atomic mass is 32.1. The van der Waals surface area contributed by atoms with Gasteiger partial charge in [-0.1, -0.05) is 30.3 Å². The Kier molecular flexibility index (Phi) is 6.56. The lowest BCUT2D eigenvalue weighted by molar-refractivity contribution is -0.122. The molecule has 3 heterocycles. The van der Waals surface area contributed by atoms with Gasteiger partial charge in [-0.2, -0.15) is 0 Å². The highest BCUT2D eigenvalue weighted by Crippen LogP contribution is 2.37. The number of methoxy groups -OCH3 is 1. The minimum absolute atomic E-state index is 0.0638. The number of carbonyl (C=O) groups is 1. The second kappa shape index (κ2) is 9.51. The number of aromatic nitrogens is 2. The number of ether oxygens (including phenoxy) is 1. The van der Waals surface area contributed by atoms with Crippen LogP contribution in [0.15, 0.2) is 35.7 Å². The molecule has 1 amide bonds. The van der Waals surface area contributed by atoms with Crippen LogP contribution in [0.5, 0.6) is 0 Å². The van der Waals surface area contributed by atoms with Crippen molar-refractivity contribution in [1.29, 1.82) is 0 Å². The lowest BCUT2D eigenvalue weighted by atomic mass is 10.0. The quantitative estimate of drug-likeness (QED) is 0.606. The van der Waals surface area contributed by atoms with E-state index in [1.54, 1.807) is 25.5 Å². The number of hydrogen-bond acceptors (Lipinski definition) is 7. The van der Waals surface area contributed by atoms with Crippen LogP contribution in [0.2, 0.25) is 0 Å². The highest BCUT2D eigenvalue weighted by Gasteiger charge is 2.23. The number of piperidine rings is 1. The van der Waals surface area contributed by atoms with Crippen molar-refractivity contribution in [3.05, 3.63) is 41.5 Å². The summed E-state index contributed by atoms with van der Waals surface area (Å²) in [5, 5.41) is 9.60. The standard InChI is InChI=1S/C22H27N5O2S/c1-23-19(28)12-27-10-8-16(9-11-27)24-21-20-17(15-6-4-3-5-7-15)14-30-22(20)26-18(25-21)13-29-2/h3-7,14,16H,8-13H2,1-2H3,(H,23,28)(H,24,25,26). The van der Waals surface area contributed by atoms with E-state index >= 15 is 0 Å². The number of thiophene rings is 1. The topological polar surface area (TPSA) is 79.4 Å². The van der Waals surface area contributed by atoms with Gasteiger partial charge in [-0.05, 0) is 18.4 Å². The van der Waals surface area contributed by atoms with Crippen molar-refractivity contribution in [3.8, 4) is 11.1 Å². The molecular formula is C22H27N5O2S. The summed E-state index contributed by atoms with van der Waals surface area (Å²) in [6.45, 7) is 2.62. The molecule has 1 aromatic carbocycles. The fourth-order valence-electron chi connectivity index (χ4n) is 3.83. The first kappa shape index (κ1) is 20.7. The van der Waals surface area contributed by atoms with Gasteiger partial charge in [-0.15, -0.1) is 11.3 Å². The third-order valence-electron chi connectivity index (χ3n) is 5.41. The lowest BCUT2D eigenvalue weighted by Gasteiger charge is -2.32. The third kappa shape index (κ3) is 4.61. The first-order chi connectivity index (χ1) is 14.7. The number of nitrogens with zero attached hydrogens (tertiary/aromatic N) is 3. The van der Waals surface area contributed by atoms with E-state index in [9.17, 15) is 4.79 Å². The minimum atomic E-state index is 0.0638. The average Bonchev–Trinajstić information content (AvgIpc) is 3.20. The molecule has 0 aliphatic carbocycles. The first-order valence-corrected chi connectivity index (χ1v) is 11.1. The summed E-state index contributed by atoms with van der Waals surface area (Å²) in [5.74, 6) is 1.62. The van der Waals surface area contributed by atoms with Gasteiger partial charge in [0.15, 0.2) is 5.82 Å². The monoisotopic (exact) mass is 425 g/mol. The van der Waals surface area contributed by atoms with E-state index in [4.69, 9.17) is 14.7 Å². The van der Waals surface area contributed by atoms with Crippen LogP contribution in [-0.4, -0.2) is 60.6 Å². The van der Waals surface area contributed by atoms with Crippen molar-refractivity contribution in [2.75, 3.05) is 39.1 Å². The Labute approximate surface area is 180 Å². The summed E-state index contributed by atoms with van der Waals surface area (Å²) in [7, 11) is 3.34.